The van der Waals surface area contributed by atoms with Crippen LogP contribution in [0.3, 0.4) is 0 Å². The van der Waals surface area contributed by atoms with Crippen LogP contribution >= 0.6 is 0 Å². The maximum Gasteiger partial charge on any atom is 0.338 e. The van der Waals surface area contributed by atoms with E-state index in [1.54, 1.807) is 18.3 Å². The summed E-state index contributed by atoms with van der Waals surface area (Å²) in [7, 11) is 0. The van der Waals surface area contributed by atoms with Crippen molar-refractivity contribution < 1.29 is 18.7 Å². The minimum Gasteiger partial charge on any atom is -0.452 e. The molecule has 7 heteroatoms. The number of hydrogen-bond acceptors (Lipinski definition) is 6. The zero-order valence-corrected chi connectivity index (χ0v) is 15.6. The summed E-state index contributed by atoms with van der Waals surface area (Å²) in [6.45, 7) is 0.784. The molecule has 1 N–H and O–H groups in total. The van der Waals surface area contributed by atoms with Crippen LogP contribution in [0.4, 0.5) is 11.4 Å². The van der Waals surface area contributed by atoms with E-state index in [9.17, 15) is 9.59 Å². The summed E-state index contributed by atoms with van der Waals surface area (Å²) in [5, 5.41) is 2.90. The molecule has 0 aliphatic carbocycles. The lowest BCUT2D eigenvalue weighted by Crippen LogP contribution is -2.43. The van der Waals surface area contributed by atoms with Crippen LogP contribution in [0.5, 0.6) is 0 Å². The van der Waals surface area contributed by atoms with Gasteiger partial charge in [-0.05, 0) is 31.0 Å². The van der Waals surface area contributed by atoms with Crippen molar-refractivity contribution in [3.63, 3.8) is 0 Å². The first-order valence-electron chi connectivity index (χ1n) is 9.58. The Hall–Kier alpha value is -3.61. The van der Waals surface area contributed by atoms with E-state index in [1.165, 1.54) is 0 Å². The van der Waals surface area contributed by atoms with Crippen molar-refractivity contribution in [2.45, 2.75) is 25.5 Å². The molecule has 1 fully saturated rings. The molecule has 3 aromatic rings. The Balaban J connectivity index is 1.28. The van der Waals surface area contributed by atoms with Crippen LogP contribution in [0.2, 0.25) is 0 Å². The third-order valence-electron chi connectivity index (χ3n) is 5.29. The number of esters is 1. The number of hydrogen-bond donors (Lipinski definition) is 1. The molecule has 2 aromatic carbocycles. The molecule has 0 unspecified atom stereocenters. The lowest BCUT2D eigenvalue weighted by Gasteiger charge is -2.33. The molecule has 5 rings (SSSR count). The normalized spacial score (nSPS) is 17.4. The lowest BCUT2D eigenvalue weighted by molar-refractivity contribution is -0.117. The number of nitrogens with zero attached hydrogens (tertiary/aromatic N) is 2. The number of benzene rings is 2. The Morgan fingerprint density at radius 3 is 2.97 bits per heavy atom. The van der Waals surface area contributed by atoms with Crippen molar-refractivity contribution >= 4 is 23.3 Å². The highest BCUT2D eigenvalue weighted by atomic mass is 16.5. The lowest BCUT2D eigenvalue weighted by atomic mass is 10.1. The third kappa shape index (κ3) is 3.24. The standard InChI is InChI=1S/C22H19N3O4/c26-21-18-7-4-10-25(18)17-9-8-15(11-16(17)24-21)22(27)28-13-20-23-12-19(29-20)14-5-2-1-3-6-14/h1-3,5-6,8-9,11-12,18H,4,7,10,13H2,(H,24,26)/t18-/m1/s1. The van der Waals surface area contributed by atoms with E-state index < -0.39 is 5.97 Å². The van der Waals surface area contributed by atoms with Crippen LogP contribution in [0, 0.1) is 0 Å². The highest BCUT2D eigenvalue weighted by molar-refractivity contribution is 6.05. The molecule has 1 amide bonds. The van der Waals surface area contributed by atoms with Gasteiger partial charge in [-0.1, -0.05) is 30.3 Å². The minimum atomic E-state index is -0.495. The second kappa shape index (κ2) is 7.09. The van der Waals surface area contributed by atoms with Gasteiger partial charge in [-0.25, -0.2) is 9.78 Å². The molecule has 1 aromatic heterocycles. The fourth-order valence-electron chi connectivity index (χ4n) is 3.88. The van der Waals surface area contributed by atoms with Crippen LogP contribution in [0.25, 0.3) is 11.3 Å². The zero-order valence-electron chi connectivity index (χ0n) is 15.6. The predicted octanol–water partition coefficient (Wildman–Crippen LogP) is 3.62. The van der Waals surface area contributed by atoms with E-state index >= 15 is 0 Å². The molecule has 7 nitrogen and oxygen atoms in total. The van der Waals surface area contributed by atoms with Gasteiger partial charge in [-0.15, -0.1) is 0 Å². The minimum absolute atomic E-state index is 0.0197. The highest BCUT2D eigenvalue weighted by Crippen LogP contribution is 2.37. The number of carbonyl (C=O) groups excluding carboxylic acids is 2. The van der Waals surface area contributed by atoms with E-state index in [0.717, 1.165) is 30.6 Å². The SMILES string of the molecule is O=C(OCc1ncc(-c2ccccc2)o1)c1ccc2c(c1)NC(=O)[C@H]1CCCN21. The van der Waals surface area contributed by atoms with E-state index in [2.05, 4.69) is 15.2 Å². The predicted molar refractivity (Wildman–Crippen MR) is 106 cm³/mol. The first-order valence-corrected chi connectivity index (χ1v) is 9.58. The molecule has 0 radical (unpaired) electrons. The molecule has 1 saturated heterocycles. The maximum absolute atomic E-state index is 12.5. The van der Waals surface area contributed by atoms with Gasteiger partial charge in [0.2, 0.25) is 11.8 Å². The summed E-state index contributed by atoms with van der Waals surface area (Å²) in [4.78, 5) is 31.0. The van der Waals surface area contributed by atoms with E-state index in [4.69, 9.17) is 9.15 Å². The second-order valence-electron chi connectivity index (χ2n) is 7.13. The van der Waals surface area contributed by atoms with Crippen LogP contribution in [-0.2, 0) is 16.1 Å². The Bertz CT molecular complexity index is 1080. The number of fused-ring (bicyclic) bond motifs is 3. The van der Waals surface area contributed by atoms with Gasteiger partial charge < -0.3 is 19.4 Å². The average molecular weight is 389 g/mol. The van der Waals surface area contributed by atoms with Gasteiger partial charge in [0.05, 0.1) is 23.1 Å². The summed E-state index contributed by atoms with van der Waals surface area (Å²) < 4.78 is 11.0. The molecular formula is C22H19N3O4. The van der Waals surface area contributed by atoms with Crippen LogP contribution in [-0.4, -0.2) is 29.4 Å². The highest BCUT2D eigenvalue weighted by Gasteiger charge is 2.36. The Labute approximate surface area is 167 Å². The van der Waals surface area contributed by atoms with Crippen molar-refractivity contribution in [3.8, 4) is 11.3 Å². The Morgan fingerprint density at radius 2 is 2.10 bits per heavy atom. The molecule has 0 spiro atoms. The van der Waals surface area contributed by atoms with Gasteiger partial charge in [0.1, 0.15) is 6.04 Å². The fourth-order valence-corrected chi connectivity index (χ4v) is 3.88. The van der Waals surface area contributed by atoms with Crippen LogP contribution in [0.15, 0.2) is 59.1 Å². The van der Waals surface area contributed by atoms with Gasteiger partial charge in [-0.3, -0.25) is 4.79 Å². The first kappa shape index (κ1) is 17.5. The number of carbonyl (C=O) groups is 2. The first-order chi connectivity index (χ1) is 14.2. The molecule has 2 aliphatic rings. The third-order valence-corrected chi connectivity index (χ3v) is 5.29. The second-order valence-corrected chi connectivity index (χ2v) is 7.13. The van der Waals surface area contributed by atoms with Gasteiger partial charge >= 0.3 is 5.97 Å². The zero-order chi connectivity index (χ0) is 19.8. The molecule has 1 atom stereocenters. The van der Waals surface area contributed by atoms with Crippen molar-refractivity contribution in [3.05, 3.63) is 66.2 Å². The smallest absolute Gasteiger partial charge is 0.338 e. The largest absolute Gasteiger partial charge is 0.452 e. The van der Waals surface area contributed by atoms with Crippen LogP contribution in [0.1, 0.15) is 29.1 Å². The van der Waals surface area contributed by atoms with Gasteiger partial charge in [-0.2, -0.15) is 0 Å². The van der Waals surface area contributed by atoms with Crippen molar-refractivity contribution in [1.29, 1.82) is 0 Å². The topological polar surface area (TPSA) is 84.7 Å². The number of nitrogens with one attached hydrogen (secondary N) is 1. The van der Waals surface area contributed by atoms with Crippen molar-refractivity contribution in [2.75, 3.05) is 16.8 Å². The molecule has 2 aliphatic heterocycles. The number of oxazole rings is 1. The quantitative estimate of drug-likeness (QED) is 0.686. The number of ether oxygens (including phenoxy) is 1. The van der Waals surface area contributed by atoms with Crippen molar-refractivity contribution in [2.24, 2.45) is 0 Å². The molecule has 0 saturated carbocycles. The number of aromatic nitrogens is 1. The average Bonchev–Trinajstić information content (AvgIpc) is 3.43. The van der Waals surface area contributed by atoms with Gasteiger partial charge in [0.25, 0.3) is 0 Å². The van der Waals surface area contributed by atoms with E-state index in [0.29, 0.717) is 22.9 Å². The molecule has 0 bridgehead atoms. The van der Waals surface area contributed by atoms with Crippen molar-refractivity contribution in [1.82, 2.24) is 4.98 Å². The summed E-state index contributed by atoms with van der Waals surface area (Å²) in [5.41, 5.74) is 2.87. The molecule has 146 valence electrons. The fraction of sp³-hybridized carbons (Fsp3) is 0.227. The van der Waals surface area contributed by atoms with Crippen LogP contribution < -0.4 is 10.2 Å². The maximum atomic E-state index is 12.5. The Morgan fingerprint density at radius 1 is 1.24 bits per heavy atom. The molecule has 3 heterocycles. The summed E-state index contributed by atoms with van der Waals surface area (Å²) in [6, 6.07) is 14.7. The molecular weight excluding hydrogens is 370 g/mol. The number of amides is 1. The van der Waals surface area contributed by atoms with E-state index in [1.807, 2.05) is 36.4 Å². The number of rotatable bonds is 4. The van der Waals surface area contributed by atoms with Gasteiger partial charge in [0, 0.05) is 12.1 Å². The monoisotopic (exact) mass is 389 g/mol. The van der Waals surface area contributed by atoms with E-state index in [-0.39, 0.29) is 18.6 Å². The van der Waals surface area contributed by atoms with Gasteiger partial charge in [0.15, 0.2) is 12.4 Å². The summed E-state index contributed by atoms with van der Waals surface area (Å²) in [5.74, 6) is 0.426. The molecule has 29 heavy (non-hydrogen) atoms. The summed E-state index contributed by atoms with van der Waals surface area (Å²) >= 11 is 0. The Kier molecular flexibility index (Phi) is 4.27. The summed E-state index contributed by atoms with van der Waals surface area (Å²) in [6.07, 6.45) is 3.46. The number of anilines is 2.